The Balaban J connectivity index is 1.46. The summed E-state index contributed by atoms with van der Waals surface area (Å²) in [5, 5.41) is 27.5. The molecule has 166 valence electrons. The van der Waals surface area contributed by atoms with Gasteiger partial charge in [0.2, 0.25) is 0 Å². The van der Waals surface area contributed by atoms with Crippen molar-refractivity contribution in [2.24, 2.45) is 10.2 Å². The van der Waals surface area contributed by atoms with Gasteiger partial charge in [0.1, 0.15) is 5.69 Å². The number of halogens is 1. The second-order valence-electron chi connectivity index (χ2n) is 7.05. The van der Waals surface area contributed by atoms with Crippen LogP contribution in [-0.2, 0) is 16.0 Å². The van der Waals surface area contributed by atoms with Crippen molar-refractivity contribution in [3.8, 4) is 0 Å². The fourth-order valence-corrected chi connectivity index (χ4v) is 3.47. The lowest BCUT2D eigenvalue weighted by Crippen LogP contribution is -2.37. The Kier molecular flexibility index (Phi) is 6.82. The maximum Gasteiger partial charge on any atom is 0.270 e. The number of rotatable bonds is 6. The van der Waals surface area contributed by atoms with Crippen molar-refractivity contribution < 1.29 is 24.3 Å². The molecule has 2 aromatic rings. The molecule has 2 saturated heterocycles. The van der Waals surface area contributed by atoms with E-state index < -0.39 is 5.82 Å². The van der Waals surface area contributed by atoms with E-state index in [2.05, 4.69) is 20.2 Å². The Hall–Kier alpha value is -2.93. The molecule has 0 atom stereocenters. The quantitative estimate of drug-likeness (QED) is 0.522. The van der Waals surface area contributed by atoms with Crippen molar-refractivity contribution in [3.63, 3.8) is 0 Å². The first-order valence-electron chi connectivity index (χ1n) is 9.98. The van der Waals surface area contributed by atoms with Crippen LogP contribution in [0.3, 0.4) is 0 Å². The highest BCUT2D eigenvalue weighted by molar-refractivity contribution is 5.70. The van der Waals surface area contributed by atoms with Gasteiger partial charge in [-0.1, -0.05) is 6.07 Å². The summed E-state index contributed by atoms with van der Waals surface area (Å²) in [6, 6.07) is 5.26. The maximum atomic E-state index is 14.1. The van der Waals surface area contributed by atoms with Crippen molar-refractivity contribution in [2.75, 3.05) is 67.6 Å². The Labute approximate surface area is 178 Å². The molecule has 0 saturated carbocycles. The second kappa shape index (κ2) is 9.92. The summed E-state index contributed by atoms with van der Waals surface area (Å²) >= 11 is 0. The van der Waals surface area contributed by atoms with Gasteiger partial charge in [-0.05, 0) is 17.7 Å². The van der Waals surface area contributed by atoms with Crippen LogP contribution in [0.5, 0.6) is 0 Å². The predicted octanol–water partition coefficient (Wildman–Crippen LogP) is 2.16. The summed E-state index contributed by atoms with van der Waals surface area (Å²) in [6.45, 7) is 4.75. The lowest BCUT2D eigenvalue weighted by molar-refractivity contribution is 0.0291. The van der Waals surface area contributed by atoms with Gasteiger partial charge in [0.25, 0.3) is 5.95 Å². The van der Waals surface area contributed by atoms with Crippen LogP contribution < -0.4 is 15.0 Å². The molecule has 31 heavy (non-hydrogen) atoms. The molecule has 0 unspecified atom stereocenters. The number of aromatic nitrogens is 2. The Morgan fingerprint density at radius 3 is 2.39 bits per heavy atom. The average molecular weight is 433 g/mol. The third kappa shape index (κ3) is 5.22. The van der Waals surface area contributed by atoms with E-state index >= 15 is 0 Å². The highest BCUT2D eigenvalue weighted by atomic mass is 19.1. The van der Waals surface area contributed by atoms with Crippen molar-refractivity contribution in [3.05, 3.63) is 35.8 Å². The van der Waals surface area contributed by atoms with Gasteiger partial charge in [-0.2, -0.15) is 10.1 Å². The van der Waals surface area contributed by atoms with Gasteiger partial charge < -0.3 is 19.3 Å². The van der Waals surface area contributed by atoms with Crippen molar-refractivity contribution in [1.82, 2.24) is 9.97 Å². The van der Waals surface area contributed by atoms with Crippen LogP contribution in [0, 0.1) is 5.82 Å². The zero-order valence-corrected chi connectivity index (χ0v) is 16.9. The van der Waals surface area contributed by atoms with E-state index in [4.69, 9.17) is 9.47 Å². The molecule has 0 aliphatic carbocycles. The van der Waals surface area contributed by atoms with Gasteiger partial charge in [-0.3, -0.25) is 10.4 Å². The van der Waals surface area contributed by atoms with E-state index in [1.54, 1.807) is 17.0 Å². The summed E-state index contributed by atoms with van der Waals surface area (Å²) in [5.74, 6) is -0.283. The largest absolute Gasteiger partial charge is 0.378 e. The summed E-state index contributed by atoms with van der Waals surface area (Å²) in [4.78, 5) is 11.8. The molecular weight excluding hydrogens is 409 g/mol. The van der Waals surface area contributed by atoms with Crippen LogP contribution in [0.4, 0.5) is 27.5 Å². The van der Waals surface area contributed by atoms with Crippen LogP contribution in [0.2, 0.25) is 0 Å². The van der Waals surface area contributed by atoms with E-state index in [-0.39, 0.29) is 29.2 Å². The molecule has 0 bridgehead atoms. The Morgan fingerprint density at radius 2 is 1.71 bits per heavy atom. The zero-order valence-electron chi connectivity index (χ0n) is 16.9. The molecule has 4 rings (SSSR count). The third-order valence-electron chi connectivity index (χ3n) is 5.04. The van der Waals surface area contributed by atoms with Crippen LogP contribution in [0.1, 0.15) is 5.56 Å². The van der Waals surface area contributed by atoms with E-state index in [1.165, 1.54) is 0 Å². The number of anilines is 3. The van der Waals surface area contributed by atoms with Crippen LogP contribution in [0.25, 0.3) is 0 Å². The number of ether oxygens (including phenoxy) is 2. The minimum absolute atomic E-state index is 0.0546. The second-order valence-corrected chi connectivity index (χ2v) is 7.05. The van der Waals surface area contributed by atoms with Crippen molar-refractivity contribution in [1.29, 1.82) is 0 Å². The number of azo groups is 1. The molecule has 12 heteroatoms. The zero-order chi connectivity index (χ0) is 21.6. The highest BCUT2D eigenvalue weighted by Gasteiger charge is 2.19. The fourth-order valence-electron chi connectivity index (χ4n) is 3.47. The number of hydrogen-bond donors (Lipinski definition) is 2. The van der Waals surface area contributed by atoms with Gasteiger partial charge in [0.15, 0.2) is 11.6 Å². The van der Waals surface area contributed by atoms with Gasteiger partial charge in [-0.25, -0.2) is 9.37 Å². The van der Waals surface area contributed by atoms with Gasteiger partial charge in [0, 0.05) is 26.2 Å². The van der Waals surface area contributed by atoms with E-state index in [0.29, 0.717) is 63.9 Å². The summed E-state index contributed by atoms with van der Waals surface area (Å²) in [5.41, 5.74) is 1.63. The SMILES string of the molecule is ON(O)c1cc(CN=Nc2ncc(F)c(N3CCOCC3)n2)ccc1N1CCOCC1. The topological polar surface area (TPSA) is 119 Å². The van der Waals surface area contributed by atoms with Gasteiger partial charge in [-0.15, -0.1) is 10.3 Å². The lowest BCUT2D eigenvalue weighted by Gasteiger charge is -2.31. The first kappa shape index (κ1) is 21.3. The molecule has 2 N–H and O–H groups in total. The van der Waals surface area contributed by atoms with Crippen LogP contribution in [-0.4, -0.2) is 73.0 Å². The third-order valence-corrected chi connectivity index (χ3v) is 5.04. The monoisotopic (exact) mass is 433 g/mol. The van der Waals surface area contributed by atoms with Crippen molar-refractivity contribution in [2.45, 2.75) is 6.54 Å². The number of benzene rings is 1. The minimum Gasteiger partial charge on any atom is -0.378 e. The van der Waals surface area contributed by atoms with E-state index in [1.807, 2.05) is 11.0 Å². The first-order chi connectivity index (χ1) is 15.1. The molecule has 0 radical (unpaired) electrons. The summed E-state index contributed by atoms with van der Waals surface area (Å²) in [7, 11) is 0. The summed E-state index contributed by atoms with van der Waals surface area (Å²) < 4.78 is 24.7. The van der Waals surface area contributed by atoms with E-state index in [0.717, 1.165) is 6.20 Å². The molecule has 1 aromatic heterocycles. The molecule has 0 spiro atoms. The molecule has 2 aliphatic rings. The lowest BCUT2D eigenvalue weighted by atomic mass is 10.1. The molecule has 0 amide bonds. The number of nitrogens with zero attached hydrogens (tertiary/aromatic N) is 7. The first-order valence-corrected chi connectivity index (χ1v) is 9.98. The molecule has 11 nitrogen and oxygen atoms in total. The molecular formula is C19H24FN7O4. The van der Waals surface area contributed by atoms with Crippen LogP contribution >= 0.6 is 0 Å². The van der Waals surface area contributed by atoms with Gasteiger partial charge >= 0.3 is 0 Å². The highest BCUT2D eigenvalue weighted by Crippen LogP contribution is 2.30. The smallest absolute Gasteiger partial charge is 0.270 e. The van der Waals surface area contributed by atoms with Crippen LogP contribution in [0.15, 0.2) is 34.6 Å². The molecule has 1 aromatic carbocycles. The average Bonchev–Trinajstić information content (AvgIpc) is 2.81. The predicted molar refractivity (Wildman–Crippen MR) is 109 cm³/mol. The molecule has 3 heterocycles. The normalized spacial score (nSPS) is 17.4. The molecule has 2 aliphatic heterocycles. The molecule has 2 fully saturated rings. The van der Waals surface area contributed by atoms with Gasteiger partial charge in [0.05, 0.1) is 44.9 Å². The fraction of sp³-hybridized carbons (Fsp3) is 0.474. The number of hydrogen-bond acceptors (Lipinski definition) is 11. The maximum absolute atomic E-state index is 14.1. The minimum atomic E-state index is -0.518. The summed E-state index contributed by atoms with van der Waals surface area (Å²) in [6.07, 6.45) is 1.08. The number of morpholine rings is 2. The Morgan fingerprint density at radius 1 is 1.03 bits per heavy atom. The standard InChI is InChI=1S/C19H24FN7O4/c20-15-13-21-19(23-18(15)26-5-9-31-10-6-26)24-22-12-14-1-2-16(17(11-14)27(28)29)25-3-7-30-8-4-25/h1-2,11,13,28-29H,3-10,12H2. The Bertz CT molecular complexity index is 918. The van der Waals surface area contributed by atoms with Crippen molar-refractivity contribution >= 4 is 23.1 Å². The van der Waals surface area contributed by atoms with E-state index in [9.17, 15) is 14.8 Å².